The molecule has 1 aromatic rings. The third-order valence-corrected chi connectivity index (χ3v) is 8.38. The van der Waals surface area contributed by atoms with Crippen LogP contribution in [0, 0.1) is 12.3 Å². The first-order valence-corrected chi connectivity index (χ1v) is 15.1. The summed E-state index contributed by atoms with van der Waals surface area (Å²) in [6, 6.07) is 6.50. The highest BCUT2D eigenvalue weighted by Crippen LogP contribution is 2.41. The molecule has 0 spiro atoms. The van der Waals surface area contributed by atoms with Crippen molar-refractivity contribution in [3.63, 3.8) is 0 Å². The van der Waals surface area contributed by atoms with Crippen LogP contribution in [0.25, 0.3) is 0 Å². The van der Waals surface area contributed by atoms with Crippen LogP contribution >= 0.6 is 11.8 Å². The minimum absolute atomic E-state index is 0.131. The van der Waals surface area contributed by atoms with Crippen LogP contribution in [0.4, 0.5) is 0 Å². The van der Waals surface area contributed by atoms with Gasteiger partial charge in [-0.05, 0) is 85.2 Å². The maximum absolute atomic E-state index is 7.57. The van der Waals surface area contributed by atoms with Crippen LogP contribution in [-0.4, -0.2) is 36.5 Å². The highest BCUT2D eigenvalue weighted by molar-refractivity contribution is 8.03. The van der Waals surface area contributed by atoms with Crippen molar-refractivity contribution in [3.05, 3.63) is 92.6 Å². The molecule has 1 atom stereocenters. The topological polar surface area (TPSA) is 51.1 Å². The molecule has 0 amide bonds. The molecule has 4 aliphatic rings. The third-order valence-electron chi connectivity index (χ3n) is 7.23. The average molecular weight is 519 g/mol. The summed E-state index contributed by atoms with van der Waals surface area (Å²) in [5.74, 6) is 0.942. The first-order valence-electron chi connectivity index (χ1n) is 14.1. The summed E-state index contributed by atoms with van der Waals surface area (Å²) in [4.78, 5) is 3.98. The summed E-state index contributed by atoms with van der Waals surface area (Å²) in [7, 11) is 0. The lowest BCUT2D eigenvalue weighted by Gasteiger charge is -2.28. The molecule has 1 unspecified atom stereocenters. The zero-order chi connectivity index (χ0) is 26.8. The molecule has 3 heterocycles. The van der Waals surface area contributed by atoms with Crippen LogP contribution in [0.1, 0.15) is 82.5 Å². The second kappa shape index (κ2) is 14.6. The van der Waals surface area contributed by atoms with E-state index >= 15 is 0 Å². The second-order valence-electron chi connectivity index (χ2n) is 9.54. The number of nitrogens with zero attached hydrogens (tertiary/aromatic N) is 1. The molecule has 1 fully saturated rings. The molecule has 0 radical (unpaired) electrons. The zero-order valence-electron chi connectivity index (χ0n) is 23.5. The standard InChI is InChI=1S/C28H34N4S.2C2H6/c1-19-14-23(10-11-24(19)16-29)28-25-18-33-26(15-20(2)27(25)30-31-28)22-8-6-21(7-9-22)17-32-12-4-3-5-13-32;2*1-2/h6,8,10-11,14-16,28-31H,2-5,7,9,12-13,17-18H2,1H3;2*1-2H3. The van der Waals surface area contributed by atoms with E-state index in [2.05, 4.69) is 59.6 Å². The number of nitrogens with one attached hydrogen (secondary N) is 3. The number of piperidine rings is 1. The maximum atomic E-state index is 7.57. The van der Waals surface area contributed by atoms with Crippen LogP contribution in [0.2, 0.25) is 0 Å². The summed E-state index contributed by atoms with van der Waals surface area (Å²) in [5.41, 5.74) is 16.8. The van der Waals surface area contributed by atoms with Crippen molar-refractivity contribution in [2.24, 2.45) is 0 Å². The van der Waals surface area contributed by atoms with Gasteiger partial charge in [0.25, 0.3) is 0 Å². The Hall–Kier alpha value is -2.34. The lowest BCUT2D eigenvalue weighted by molar-refractivity contribution is 0.244. The van der Waals surface area contributed by atoms with Gasteiger partial charge in [-0.25, -0.2) is 5.43 Å². The van der Waals surface area contributed by atoms with Gasteiger partial charge in [-0.1, -0.05) is 76.6 Å². The normalized spacial score (nSPS) is 21.6. The monoisotopic (exact) mass is 518 g/mol. The van der Waals surface area contributed by atoms with Crippen LogP contribution in [0.15, 0.2) is 75.9 Å². The van der Waals surface area contributed by atoms with Gasteiger partial charge in [0, 0.05) is 23.4 Å². The third kappa shape index (κ3) is 7.16. The molecule has 5 rings (SSSR count). The van der Waals surface area contributed by atoms with E-state index in [9.17, 15) is 0 Å². The van der Waals surface area contributed by atoms with E-state index < -0.39 is 0 Å². The minimum Gasteiger partial charge on any atom is -0.320 e. The van der Waals surface area contributed by atoms with Crippen molar-refractivity contribution in [1.29, 1.82) is 5.41 Å². The Balaban J connectivity index is 0.000000907. The molecule has 200 valence electrons. The van der Waals surface area contributed by atoms with Crippen LogP contribution in [-0.2, 0) is 0 Å². The largest absolute Gasteiger partial charge is 0.320 e. The van der Waals surface area contributed by atoms with Gasteiger partial charge < -0.3 is 10.8 Å². The van der Waals surface area contributed by atoms with Crippen molar-refractivity contribution in [3.8, 4) is 0 Å². The molecule has 37 heavy (non-hydrogen) atoms. The molecule has 0 aromatic heterocycles. The fourth-order valence-corrected chi connectivity index (χ4v) is 6.46. The number of aryl methyl sites for hydroxylation is 1. The number of benzene rings is 1. The van der Waals surface area contributed by atoms with Gasteiger partial charge in [0.1, 0.15) is 0 Å². The van der Waals surface area contributed by atoms with Gasteiger partial charge in [-0.2, -0.15) is 0 Å². The summed E-state index contributed by atoms with van der Waals surface area (Å²) in [6.07, 6.45) is 14.8. The van der Waals surface area contributed by atoms with E-state index in [1.165, 1.54) is 66.6 Å². The lowest BCUT2D eigenvalue weighted by atomic mass is 9.94. The predicted molar refractivity (Wildman–Crippen MR) is 163 cm³/mol. The molecule has 4 nitrogen and oxygen atoms in total. The number of hydrazine groups is 1. The van der Waals surface area contributed by atoms with E-state index in [4.69, 9.17) is 5.41 Å². The van der Waals surface area contributed by atoms with Gasteiger partial charge in [0.2, 0.25) is 0 Å². The second-order valence-corrected chi connectivity index (χ2v) is 10.6. The SMILES string of the molecule is C=C1C=C(C2=CC=C(CN3CCCCC3)CC2)SCC2=C1NNC2c1ccc(C=N)c(C)c1.CC.CC. The molecule has 3 N–H and O–H groups in total. The van der Waals surface area contributed by atoms with Crippen LogP contribution < -0.4 is 10.9 Å². The molecular formula is C32H46N4S. The van der Waals surface area contributed by atoms with E-state index in [0.717, 1.165) is 41.1 Å². The van der Waals surface area contributed by atoms with Gasteiger partial charge in [0.15, 0.2) is 0 Å². The minimum atomic E-state index is 0.131. The Morgan fingerprint density at radius 3 is 2.49 bits per heavy atom. The summed E-state index contributed by atoms with van der Waals surface area (Å²) in [5, 5.41) is 7.57. The van der Waals surface area contributed by atoms with Crippen molar-refractivity contribution in [2.45, 2.75) is 72.8 Å². The highest BCUT2D eigenvalue weighted by Gasteiger charge is 2.30. The molecule has 5 heteroatoms. The molecule has 0 bridgehead atoms. The van der Waals surface area contributed by atoms with Crippen LogP contribution in [0.3, 0.4) is 0 Å². The van der Waals surface area contributed by atoms with E-state index in [-0.39, 0.29) is 6.04 Å². The molecule has 1 aliphatic carbocycles. The van der Waals surface area contributed by atoms with Gasteiger partial charge >= 0.3 is 0 Å². The fourth-order valence-electron chi connectivity index (χ4n) is 5.26. The van der Waals surface area contributed by atoms with Crippen molar-refractivity contribution < 1.29 is 0 Å². The zero-order valence-corrected chi connectivity index (χ0v) is 24.4. The fraction of sp³-hybridized carbons (Fsp3) is 0.469. The number of hydrogen-bond acceptors (Lipinski definition) is 5. The number of hydrogen-bond donors (Lipinski definition) is 3. The summed E-state index contributed by atoms with van der Waals surface area (Å²) in [6.45, 7) is 18.1. The number of rotatable bonds is 5. The van der Waals surface area contributed by atoms with Gasteiger partial charge in [0.05, 0.1) is 11.7 Å². The molecule has 1 saturated heterocycles. The summed E-state index contributed by atoms with van der Waals surface area (Å²) < 4.78 is 0. The predicted octanol–water partition coefficient (Wildman–Crippen LogP) is 7.77. The van der Waals surface area contributed by atoms with Crippen molar-refractivity contribution in [2.75, 3.05) is 25.4 Å². The highest BCUT2D eigenvalue weighted by atomic mass is 32.2. The smallest absolute Gasteiger partial charge is 0.0751 e. The lowest BCUT2D eigenvalue weighted by Crippen LogP contribution is -2.31. The quantitative estimate of drug-likeness (QED) is 0.349. The van der Waals surface area contributed by atoms with E-state index in [1.807, 2.05) is 45.5 Å². The number of allylic oxidation sites excluding steroid dienone is 4. The molecular weight excluding hydrogens is 472 g/mol. The van der Waals surface area contributed by atoms with E-state index in [0.29, 0.717) is 0 Å². The van der Waals surface area contributed by atoms with Crippen molar-refractivity contribution in [1.82, 2.24) is 15.8 Å². The van der Waals surface area contributed by atoms with Gasteiger partial charge in [-0.15, -0.1) is 11.8 Å². The molecule has 0 saturated carbocycles. The number of likely N-dealkylation sites (tertiary alicyclic amines) is 1. The van der Waals surface area contributed by atoms with E-state index in [1.54, 1.807) is 5.57 Å². The van der Waals surface area contributed by atoms with Crippen molar-refractivity contribution >= 4 is 18.0 Å². The Morgan fingerprint density at radius 1 is 1.08 bits per heavy atom. The van der Waals surface area contributed by atoms with Gasteiger partial charge in [-0.3, -0.25) is 4.90 Å². The Bertz CT molecular complexity index is 1090. The summed E-state index contributed by atoms with van der Waals surface area (Å²) >= 11 is 1.94. The molecule has 3 aliphatic heterocycles. The Kier molecular flexibility index (Phi) is 11.5. The number of thioether (sulfide) groups is 1. The first kappa shape index (κ1) is 29.2. The Labute approximate surface area is 229 Å². The molecule has 1 aromatic carbocycles. The Morgan fingerprint density at radius 2 is 1.84 bits per heavy atom. The average Bonchev–Trinajstić information content (AvgIpc) is 3.31. The van der Waals surface area contributed by atoms with Crippen LogP contribution in [0.5, 0.6) is 0 Å². The first-order chi connectivity index (χ1) is 18.1. The maximum Gasteiger partial charge on any atom is 0.0751 e.